The molecule has 1 aromatic carbocycles. The number of aliphatic imine (C=N–C) groups is 1. The Kier molecular flexibility index (Phi) is 6.18. The number of rotatable bonds is 6. The van der Waals surface area contributed by atoms with Crippen LogP contribution in [-0.2, 0) is 9.47 Å². The van der Waals surface area contributed by atoms with E-state index in [1.807, 2.05) is 18.2 Å². The molecular formula is C12H16BrNO3. The third-order valence-corrected chi connectivity index (χ3v) is 2.85. The largest absolute Gasteiger partial charge is 0.496 e. The van der Waals surface area contributed by atoms with Gasteiger partial charge < -0.3 is 14.2 Å². The van der Waals surface area contributed by atoms with E-state index in [4.69, 9.17) is 14.2 Å². The van der Waals surface area contributed by atoms with Gasteiger partial charge in [0, 0.05) is 20.4 Å². The summed E-state index contributed by atoms with van der Waals surface area (Å²) in [4.78, 5) is 4.24. The van der Waals surface area contributed by atoms with Crippen molar-refractivity contribution in [3.05, 3.63) is 28.2 Å². The first kappa shape index (κ1) is 14.2. The lowest BCUT2D eigenvalue weighted by Crippen LogP contribution is -2.16. The van der Waals surface area contributed by atoms with Crippen LogP contribution in [0.2, 0.25) is 0 Å². The zero-order chi connectivity index (χ0) is 12.7. The molecule has 1 aromatic rings. The molecule has 0 N–H and O–H groups in total. The van der Waals surface area contributed by atoms with Gasteiger partial charge in [-0.3, -0.25) is 4.99 Å². The van der Waals surface area contributed by atoms with Crippen LogP contribution in [0, 0.1) is 0 Å². The van der Waals surface area contributed by atoms with E-state index in [1.165, 1.54) is 0 Å². The summed E-state index contributed by atoms with van der Waals surface area (Å²) in [6.45, 7) is 0.464. The second-order valence-electron chi connectivity index (χ2n) is 3.29. The van der Waals surface area contributed by atoms with Gasteiger partial charge in [-0.25, -0.2) is 0 Å². The van der Waals surface area contributed by atoms with E-state index in [0.29, 0.717) is 6.54 Å². The van der Waals surface area contributed by atoms with Gasteiger partial charge in [0.25, 0.3) is 0 Å². The molecule has 17 heavy (non-hydrogen) atoms. The van der Waals surface area contributed by atoms with E-state index in [-0.39, 0.29) is 6.29 Å². The lowest BCUT2D eigenvalue weighted by atomic mass is 10.2. The van der Waals surface area contributed by atoms with Gasteiger partial charge in [0.1, 0.15) is 5.75 Å². The van der Waals surface area contributed by atoms with Crippen LogP contribution >= 0.6 is 15.9 Å². The highest BCUT2D eigenvalue weighted by Crippen LogP contribution is 2.24. The first-order chi connectivity index (χ1) is 8.21. The van der Waals surface area contributed by atoms with Gasteiger partial charge in [0.15, 0.2) is 6.29 Å². The van der Waals surface area contributed by atoms with E-state index < -0.39 is 0 Å². The van der Waals surface area contributed by atoms with Crippen LogP contribution in [0.5, 0.6) is 5.75 Å². The Balaban J connectivity index is 2.65. The maximum Gasteiger partial charge on any atom is 0.176 e. The average Bonchev–Trinajstić information content (AvgIpc) is 2.36. The van der Waals surface area contributed by atoms with Crippen LogP contribution in [0.15, 0.2) is 27.7 Å². The number of benzene rings is 1. The highest BCUT2D eigenvalue weighted by molar-refractivity contribution is 9.10. The van der Waals surface area contributed by atoms with Gasteiger partial charge in [-0.15, -0.1) is 0 Å². The fraction of sp³-hybridized carbons (Fsp3) is 0.417. The summed E-state index contributed by atoms with van der Waals surface area (Å²) in [5, 5.41) is 0. The highest BCUT2D eigenvalue weighted by atomic mass is 79.9. The van der Waals surface area contributed by atoms with Crippen LogP contribution in [0.1, 0.15) is 5.56 Å². The van der Waals surface area contributed by atoms with E-state index in [9.17, 15) is 0 Å². The highest BCUT2D eigenvalue weighted by Gasteiger charge is 2.02. The third kappa shape index (κ3) is 4.46. The molecule has 0 aliphatic heterocycles. The summed E-state index contributed by atoms with van der Waals surface area (Å²) in [6, 6.07) is 5.78. The van der Waals surface area contributed by atoms with Gasteiger partial charge in [-0.05, 0) is 33.6 Å². The van der Waals surface area contributed by atoms with Crippen molar-refractivity contribution in [3.8, 4) is 5.75 Å². The Bertz CT molecular complexity index is 378. The van der Waals surface area contributed by atoms with Gasteiger partial charge in [-0.1, -0.05) is 6.07 Å². The Morgan fingerprint density at radius 3 is 2.59 bits per heavy atom. The quantitative estimate of drug-likeness (QED) is 0.599. The molecule has 0 aromatic heterocycles. The molecule has 0 unspecified atom stereocenters. The summed E-state index contributed by atoms with van der Waals surface area (Å²) < 4.78 is 16.2. The van der Waals surface area contributed by atoms with Crippen LogP contribution < -0.4 is 4.74 Å². The zero-order valence-electron chi connectivity index (χ0n) is 10.1. The molecule has 4 nitrogen and oxygen atoms in total. The predicted octanol–water partition coefficient (Wildman–Crippen LogP) is 2.50. The second kappa shape index (κ2) is 7.42. The Hall–Kier alpha value is -0.910. The van der Waals surface area contributed by atoms with Crippen molar-refractivity contribution < 1.29 is 14.2 Å². The molecule has 1 rings (SSSR count). The van der Waals surface area contributed by atoms with E-state index in [1.54, 1.807) is 27.5 Å². The molecule has 0 saturated carbocycles. The maximum absolute atomic E-state index is 5.20. The lowest BCUT2D eigenvalue weighted by molar-refractivity contribution is -0.0936. The van der Waals surface area contributed by atoms with Gasteiger partial charge >= 0.3 is 0 Å². The number of nitrogens with zero attached hydrogens (tertiary/aromatic N) is 1. The summed E-state index contributed by atoms with van der Waals surface area (Å²) >= 11 is 3.39. The predicted molar refractivity (Wildman–Crippen MR) is 71.0 cm³/mol. The Morgan fingerprint density at radius 1 is 1.29 bits per heavy atom. The third-order valence-electron chi connectivity index (χ3n) is 2.20. The minimum atomic E-state index is -0.302. The summed E-state index contributed by atoms with van der Waals surface area (Å²) in [5.41, 5.74) is 0.969. The van der Waals surface area contributed by atoms with Crippen molar-refractivity contribution in [1.82, 2.24) is 0 Å². The zero-order valence-corrected chi connectivity index (χ0v) is 11.7. The summed E-state index contributed by atoms with van der Waals surface area (Å²) in [6.07, 6.45) is 1.46. The van der Waals surface area contributed by atoms with Crippen molar-refractivity contribution in [2.45, 2.75) is 6.29 Å². The van der Waals surface area contributed by atoms with Crippen LogP contribution in [0.4, 0.5) is 0 Å². The summed E-state index contributed by atoms with van der Waals surface area (Å²) in [7, 11) is 4.81. The molecule has 0 aliphatic rings. The van der Waals surface area contributed by atoms with Crippen LogP contribution in [0.3, 0.4) is 0 Å². The number of hydrogen-bond acceptors (Lipinski definition) is 4. The normalized spacial score (nSPS) is 11.4. The number of hydrogen-bond donors (Lipinski definition) is 0. The second-order valence-corrected chi connectivity index (χ2v) is 4.14. The molecule has 0 saturated heterocycles. The Morgan fingerprint density at radius 2 is 2.00 bits per heavy atom. The molecular weight excluding hydrogens is 286 g/mol. The molecule has 0 amide bonds. The molecule has 5 heteroatoms. The first-order valence-corrected chi connectivity index (χ1v) is 5.89. The molecule has 0 bridgehead atoms. The molecule has 94 valence electrons. The van der Waals surface area contributed by atoms with E-state index in [0.717, 1.165) is 15.8 Å². The fourth-order valence-corrected chi connectivity index (χ4v) is 1.65. The van der Waals surface area contributed by atoms with Crippen LogP contribution in [0.25, 0.3) is 0 Å². The SMILES string of the molecule is COc1cc(C=NCC(OC)OC)ccc1Br. The van der Waals surface area contributed by atoms with Crippen LogP contribution in [-0.4, -0.2) is 40.4 Å². The topological polar surface area (TPSA) is 40.0 Å². The van der Waals surface area contributed by atoms with Gasteiger partial charge in [0.2, 0.25) is 0 Å². The Labute approximate surface area is 110 Å². The van der Waals surface area contributed by atoms with E-state index >= 15 is 0 Å². The minimum absolute atomic E-state index is 0.302. The molecule has 0 heterocycles. The number of methoxy groups -OCH3 is 3. The monoisotopic (exact) mass is 301 g/mol. The summed E-state index contributed by atoms with van der Waals surface area (Å²) in [5.74, 6) is 0.781. The fourth-order valence-electron chi connectivity index (χ4n) is 1.25. The first-order valence-electron chi connectivity index (χ1n) is 5.10. The lowest BCUT2D eigenvalue weighted by Gasteiger charge is -2.09. The van der Waals surface area contributed by atoms with Crippen molar-refractivity contribution in [2.75, 3.05) is 27.9 Å². The van der Waals surface area contributed by atoms with Crippen molar-refractivity contribution in [2.24, 2.45) is 4.99 Å². The standard InChI is InChI=1S/C12H16BrNO3/c1-15-11-6-9(4-5-10(11)13)7-14-8-12(16-2)17-3/h4-7,12H,8H2,1-3H3. The minimum Gasteiger partial charge on any atom is -0.496 e. The number of ether oxygens (including phenoxy) is 3. The van der Waals surface area contributed by atoms with Crippen molar-refractivity contribution >= 4 is 22.1 Å². The van der Waals surface area contributed by atoms with Crippen molar-refractivity contribution in [3.63, 3.8) is 0 Å². The van der Waals surface area contributed by atoms with E-state index in [2.05, 4.69) is 20.9 Å². The molecule has 0 fully saturated rings. The smallest absolute Gasteiger partial charge is 0.176 e. The molecule has 0 atom stereocenters. The molecule has 0 radical (unpaired) electrons. The van der Waals surface area contributed by atoms with Crippen molar-refractivity contribution in [1.29, 1.82) is 0 Å². The van der Waals surface area contributed by atoms with Gasteiger partial charge in [-0.2, -0.15) is 0 Å². The van der Waals surface area contributed by atoms with Gasteiger partial charge in [0.05, 0.1) is 18.1 Å². The number of halogens is 1. The average molecular weight is 302 g/mol. The maximum atomic E-state index is 5.20. The molecule has 0 aliphatic carbocycles. The molecule has 0 spiro atoms.